The molecule has 0 unspecified atom stereocenters. The fourth-order valence-corrected chi connectivity index (χ4v) is 5.08. The summed E-state index contributed by atoms with van der Waals surface area (Å²) < 4.78 is 0. The van der Waals surface area contributed by atoms with Crippen LogP contribution >= 0.6 is 23.1 Å². The predicted octanol–water partition coefficient (Wildman–Crippen LogP) is 4.66. The summed E-state index contributed by atoms with van der Waals surface area (Å²) in [7, 11) is 2.03. The van der Waals surface area contributed by atoms with Crippen molar-refractivity contribution in [3.8, 4) is 0 Å². The molecule has 3 aromatic rings. The highest BCUT2D eigenvalue weighted by Crippen LogP contribution is 2.46. The number of fused-ring (bicyclic) bond motifs is 2. The van der Waals surface area contributed by atoms with Gasteiger partial charge < -0.3 is 4.90 Å². The maximum Gasteiger partial charge on any atom is 0.167 e. The molecule has 0 saturated heterocycles. The Morgan fingerprint density at radius 3 is 2.88 bits per heavy atom. The van der Waals surface area contributed by atoms with Gasteiger partial charge in [-0.2, -0.15) is 0 Å². The molecule has 0 aliphatic carbocycles. The van der Waals surface area contributed by atoms with Gasteiger partial charge in [0.2, 0.25) is 0 Å². The molecule has 132 valence electrons. The summed E-state index contributed by atoms with van der Waals surface area (Å²) >= 11 is 3.06. The van der Waals surface area contributed by atoms with E-state index in [1.54, 1.807) is 23.7 Å². The lowest BCUT2D eigenvalue weighted by atomic mass is 9.83. The second-order valence-electron chi connectivity index (χ2n) is 6.80. The molecule has 3 heterocycles. The molecule has 1 aromatic carbocycles. The first kappa shape index (κ1) is 17.2. The van der Waals surface area contributed by atoms with E-state index in [4.69, 9.17) is 0 Å². The first-order valence-corrected chi connectivity index (χ1v) is 10.2. The molecule has 2 aromatic heterocycles. The summed E-state index contributed by atoms with van der Waals surface area (Å²) in [6.07, 6.45) is 3.35. The maximum atomic E-state index is 12.7. The van der Waals surface area contributed by atoms with Gasteiger partial charge in [0.05, 0.1) is 5.75 Å². The zero-order valence-electron chi connectivity index (χ0n) is 14.9. The molecule has 0 amide bonds. The van der Waals surface area contributed by atoms with E-state index in [1.165, 1.54) is 23.0 Å². The number of para-hydroxylation sites is 1. The number of thioether (sulfide) groups is 1. The van der Waals surface area contributed by atoms with Crippen molar-refractivity contribution < 1.29 is 4.79 Å². The van der Waals surface area contributed by atoms with Gasteiger partial charge in [-0.05, 0) is 23.1 Å². The zero-order valence-corrected chi connectivity index (χ0v) is 16.5. The number of anilines is 1. The standard InChI is InChI=1S/C20H19N3OS2/c1-20(2)15-6-4-5-7-16(15)23(3)17(20)10-13(24)11-26-19-14-8-9-25-18(14)21-12-22-19/h4-10,12H,11H2,1-3H3. The van der Waals surface area contributed by atoms with Gasteiger partial charge in [-0.3, -0.25) is 4.79 Å². The Morgan fingerprint density at radius 1 is 1.27 bits per heavy atom. The van der Waals surface area contributed by atoms with Crippen LogP contribution in [0, 0.1) is 0 Å². The number of thiophene rings is 1. The SMILES string of the molecule is CN1C(=CC(=O)CSc2ncnc3sccc23)C(C)(C)c2ccccc21. The summed E-state index contributed by atoms with van der Waals surface area (Å²) in [4.78, 5) is 24.3. The molecule has 0 saturated carbocycles. The van der Waals surface area contributed by atoms with Crippen molar-refractivity contribution in [1.29, 1.82) is 0 Å². The molecule has 1 aliphatic heterocycles. The number of allylic oxidation sites excluding steroid dienone is 2. The summed E-state index contributed by atoms with van der Waals surface area (Å²) in [5.41, 5.74) is 3.28. The molecule has 0 bridgehead atoms. The third kappa shape index (κ3) is 2.83. The summed E-state index contributed by atoms with van der Waals surface area (Å²) in [5.74, 6) is 0.464. The second kappa shape index (κ2) is 6.52. The fourth-order valence-electron chi connectivity index (χ4n) is 3.47. The van der Waals surface area contributed by atoms with Crippen LogP contribution in [0.1, 0.15) is 19.4 Å². The number of carbonyl (C=O) groups is 1. The Bertz CT molecular complexity index is 1020. The minimum absolute atomic E-state index is 0.0970. The number of ketones is 1. The van der Waals surface area contributed by atoms with E-state index in [9.17, 15) is 4.79 Å². The van der Waals surface area contributed by atoms with Gasteiger partial charge in [0.1, 0.15) is 16.2 Å². The van der Waals surface area contributed by atoms with Gasteiger partial charge in [-0.15, -0.1) is 11.3 Å². The van der Waals surface area contributed by atoms with E-state index in [-0.39, 0.29) is 11.2 Å². The van der Waals surface area contributed by atoms with Crippen LogP contribution in [0.15, 0.2) is 58.8 Å². The molecular formula is C20H19N3OS2. The lowest BCUT2D eigenvalue weighted by Gasteiger charge is -2.23. The largest absolute Gasteiger partial charge is 0.347 e. The predicted molar refractivity (Wildman–Crippen MR) is 109 cm³/mol. The van der Waals surface area contributed by atoms with E-state index in [0.717, 1.165) is 20.9 Å². The Morgan fingerprint density at radius 2 is 2.08 bits per heavy atom. The maximum absolute atomic E-state index is 12.7. The van der Waals surface area contributed by atoms with Crippen LogP contribution in [-0.2, 0) is 10.2 Å². The monoisotopic (exact) mass is 381 g/mol. The van der Waals surface area contributed by atoms with Gasteiger partial charge in [0.15, 0.2) is 5.78 Å². The number of hydrogen-bond donors (Lipinski definition) is 0. The van der Waals surface area contributed by atoms with Gasteiger partial charge in [-0.1, -0.05) is 43.8 Å². The van der Waals surface area contributed by atoms with Crippen molar-refractivity contribution in [2.24, 2.45) is 0 Å². The molecule has 4 nitrogen and oxygen atoms in total. The average Bonchev–Trinajstić information content (AvgIpc) is 3.19. The Labute approximate surface area is 161 Å². The third-order valence-corrected chi connectivity index (χ3v) is 6.66. The van der Waals surface area contributed by atoms with Gasteiger partial charge >= 0.3 is 0 Å². The van der Waals surface area contributed by atoms with Gasteiger partial charge in [0, 0.05) is 35.3 Å². The summed E-state index contributed by atoms with van der Waals surface area (Å²) in [6.45, 7) is 4.34. The topological polar surface area (TPSA) is 46.1 Å². The number of rotatable bonds is 4. The minimum atomic E-state index is -0.179. The van der Waals surface area contributed by atoms with Crippen LogP contribution in [0.2, 0.25) is 0 Å². The highest BCUT2D eigenvalue weighted by Gasteiger charge is 2.38. The second-order valence-corrected chi connectivity index (χ2v) is 8.66. The first-order chi connectivity index (χ1) is 12.5. The molecule has 0 radical (unpaired) electrons. The number of benzene rings is 1. The first-order valence-electron chi connectivity index (χ1n) is 8.38. The number of carbonyl (C=O) groups excluding carboxylic acids is 1. The highest BCUT2D eigenvalue weighted by atomic mass is 32.2. The summed E-state index contributed by atoms with van der Waals surface area (Å²) in [6, 6.07) is 10.3. The van der Waals surface area contributed by atoms with Crippen molar-refractivity contribution in [1.82, 2.24) is 9.97 Å². The molecular weight excluding hydrogens is 362 g/mol. The van der Waals surface area contributed by atoms with Crippen molar-refractivity contribution in [3.63, 3.8) is 0 Å². The van der Waals surface area contributed by atoms with Crippen LogP contribution in [0.25, 0.3) is 10.2 Å². The van der Waals surface area contributed by atoms with Crippen LogP contribution in [-0.4, -0.2) is 28.6 Å². The molecule has 6 heteroatoms. The molecule has 1 aliphatic rings. The smallest absolute Gasteiger partial charge is 0.167 e. The summed E-state index contributed by atoms with van der Waals surface area (Å²) in [5, 5.41) is 3.89. The normalized spacial score (nSPS) is 17.0. The third-order valence-electron chi connectivity index (χ3n) is 4.81. The molecule has 0 atom stereocenters. The van der Waals surface area contributed by atoms with Crippen LogP contribution in [0.4, 0.5) is 5.69 Å². The Kier molecular flexibility index (Phi) is 4.32. The van der Waals surface area contributed by atoms with E-state index in [1.807, 2.05) is 24.6 Å². The molecule has 0 fully saturated rings. The number of aromatic nitrogens is 2. The van der Waals surface area contributed by atoms with Crippen molar-refractivity contribution >= 4 is 44.8 Å². The van der Waals surface area contributed by atoms with E-state index >= 15 is 0 Å². The van der Waals surface area contributed by atoms with Gasteiger partial charge in [-0.25, -0.2) is 9.97 Å². The van der Waals surface area contributed by atoms with E-state index in [0.29, 0.717) is 5.75 Å². The van der Waals surface area contributed by atoms with E-state index < -0.39 is 0 Å². The average molecular weight is 382 g/mol. The van der Waals surface area contributed by atoms with Gasteiger partial charge in [0.25, 0.3) is 0 Å². The number of hydrogen-bond acceptors (Lipinski definition) is 6. The number of likely N-dealkylation sites (N-methyl/N-ethyl adjacent to an activating group) is 1. The van der Waals surface area contributed by atoms with Crippen molar-refractivity contribution in [2.45, 2.75) is 24.3 Å². The molecule has 0 N–H and O–H groups in total. The lowest BCUT2D eigenvalue weighted by molar-refractivity contribution is -0.112. The van der Waals surface area contributed by atoms with Crippen LogP contribution in [0.3, 0.4) is 0 Å². The Hall–Kier alpha value is -2.18. The number of nitrogens with zero attached hydrogens (tertiary/aromatic N) is 3. The quantitative estimate of drug-likeness (QED) is 0.373. The van der Waals surface area contributed by atoms with E-state index in [2.05, 4.69) is 46.9 Å². The minimum Gasteiger partial charge on any atom is -0.347 e. The van der Waals surface area contributed by atoms with Crippen molar-refractivity contribution in [2.75, 3.05) is 17.7 Å². The Balaban J connectivity index is 1.55. The van der Waals surface area contributed by atoms with Crippen LogP contribution < -0.4 is 4.90 Å². The van der Waals surface area contributed by atoms with Crippen molar-refractivity contribution in [3.05, 3.63) is 59.4 Å². The highest BCUT2D eigenvalue weighted by molar-refractivity contribution is 8.00. The fraction of sp³-hybridized carbons (Fsp3) is 0.250. The molecule has 26 heavy (non-hydrogen) atoms. The zero-order chi connectivity index (χ0) is 18.3. The van der Waals surface area contributed by atoms with Crippen LogP contribution in [0.5, 0.6) is 0 Å². The molecule has 0 spiro atoms. The lowest BCUT2D eigenvalue weighted by Crippen LogP contribution is -2.24. The molecule has 4 rings (SSSR count).